The summed E-state index contributed by atoms with van der Waals surface area (Å²) in [5.41, 5.74) is 5.42. The Morgan fingerprint density at radius 3 is 2.50 bits per heavy atom. The maximum absolute atomic E-state index is 12.8. The molecule has 0 atom stereocenters. The van der Waals surface area contributed by atoms with E-state index in [-0.39, 0.29) is 17.4 Å². The van der Waals surface area contributed by atoms with E-state index in [1.165, 1.54) is 12.1 Å². The number of hydrogen-bond donors (Lipinski definition) is 3. The third kappa shape index (κ3) is 3.67. The van der Waals surface area contributed by atoms with Crippen LogP contribution in [0.3, 0.4) is 0 Å². The lowest BCUT2D eigenvalue weighted by atomic mass is 10.3. The minimum atomic E-state index is -3.64. The van der Waals surface area contributed by atoms with E-state index in [0.717, 1.165) is 6.07 Å². The average Bonchev–Trinajstić information content (AvgIpc) is 2.08. The zero-order chi connectivity index (χ0) is 12.3. The SMILES string of the molecule is CC(C)NS(=O)(=O)Nc1ccc(F)c(N)c1. The number of halogens is 1. The summed E-state index contributed by atoms with van der Waals surface area (Å²) in [6.45, 7) is 3.39. The van der Waals surface area contributed by atoms with Crippen molar-refractivity contribution in [3.05, 3.63) is 24.0 Å². The highest BCUT2D eigenvalue weighted by atomic mass is 32.2. The molecule has 0 fully saturated rings. The molecule has 16 heavy (non-hydrogen) atoms. The summed E-state index contributed by atoms with van der Waals surface area (Å²) in [6, 6.07) is 3.39. The lowest BCUT2D eigenvalue weighted by Crippen LogP contribution is -2.35. The largest absolute Gasteiger partial charge is 0.396 e. The van der Waals surface area contributed by atoms with Gasteiger partial charge in [0.2, 0.25) is 0 Å². The molecule has 1 rings (SSSR count). The minimum Gasteiger partial charge on any atom is -0.396 e. The number of anilines is 2. The second kappa shape index (κ2) is 4.67. The Bertz CT molecular complexity index is 474. The van der Waals surface area contributed by atoms with Gasteiger partial charge in [-0.05, 0) is 32.0 Å². The van der Waals surface area contributed by atoms with Crippen LogP contribution >= 0.6 is 0 Å². The van der Waals surface area contributed by atoms with Crippen LogP contribution in [0.5, 0.6) is 0 Å². The Kier molecular flexibility index (Phi) is 3.71. The van der Waals surface area contributed by atoms with Crippen molar-refractivity contribution in [3.63, 3.8) is 0 Å². The van der Waals surface area contributed by atoms with Gasteiger partial charge in [-0.15, -0.1) is 0 Å². The zero-order valence-electron chi connectivity index (χ0n) is 8.99. The molecule has 90 valence electrons. The van der Waals surface area contributed by atoms with Crippen LogP contribution in [0.1, 0.15) is 13.8 Å². The van der Waals surface area contributed by atoms with Crippen molar-refractivity contribution in [1.29, 1.82) is 0 Å². The molecule has 0 amide bonds. The van der Waals surface area contributed by atoms with Crippen molar-refractivity contribution < 1.29 is 12.8 Å². The molecule has 0 heterocycles. The zero-order valence-corrected chi connectivity index (χ0v) is 9.81. The van der Waals surface area contributed by atoms with E-state index < -0.39 is 16.0 Å². The molecule has 4 N–H and O–H groups in total. The lowest BCUT2D eigenvalue weighted by Gasteiger charge is -2.11. The highest BCUT2D eigenvalue weighted by Crippen LogP contribution is 2.16. The summed E-state index contributed by atoms with van der Waals surface area (Å²) < 4.78 is 40.3. The first-order valence-electron chi connectivity index (χ1n) is 4.65. The van der Waals surface area contributed by atoms with Crippen LogP contribution in [0.4, 0.5) is 15.8 Å². The summed E-state index contributed by atoms with van der Waals surface area (Å²) in [7, 11) is -3.64. The van der Waals surface area contributed by atoms with Gasteiger partial charge in [-0.2, -0.15) is 13.1 Å². The first-order valence-corrected chi connectivity index (χ1v) is 6.13. The Morgan fingerprint density at radius 2 is 2.00 bits per heavy atom. The van der Waals surface area contributed by atoms with Gasteiger partial charge in [0, 0.05) is 6.04 Å². The molecule has 1 aromatic carbocycles. The number of nitrogen functional groups attached to an aromatic ring is 1. The smallest absolute Gasteiger partial charge is 0.299 e. The predicted molar refractivity (Wildman–Crippen MR) is 61.6 cm³/mol. The molecular formula is C9H14FN3O2S. The van der Waals surface area contributed by atoms with Crippen molar-refractivity contribution in [2.75, 3.05) is 10.5 Å². The van der Waals surface area contributed by atoms with Crippen molar-refractivity contribution in [2.24, 2.45) is 0 Å². The van der Waals surface area contributed by atoms with E-state index >= 15 is 0 Å². The third-order valence-corrected chi connectivity index (χ3v) is 2.93. The van der Waals surface area contributed by atoms with Gasteiger partial charge in [-0.25, -0.2) is 4.39 Å². The highest BCUT2D eigenvalue weighted by molar-refractivity contribution is 7.90. The predicted octanol–water partition coefficient (Wildman–Crippen LogP) is 1.06. The van der Waals surface area contributed by atoms with Crippen molar-refractivity contribution >= 4 is 21.6 Å². The van der Waals surface area contributed by atoms with Gasteiger partial charge in [0.25, 0.3) is 10.2 Å². The molecule has 0 aromatic heterocycles. The van der Waals surface area contributed by atoms with Crippen molar-refractivity contribution in [1.82, 2.24) is 4.72 Å². The molecule has 0 aliphatic heterocycles. The molecule has 0 saturated carbocycles. The number of hydrogen-bond acceptors (Lipinski definition) is 3. The summed E-state index contributed by atoms with van der Waals surface area (Å²) in [4.78, 5) is 0. The molecule has 0 aliphatic rings. The standard InChI is InChI=1S/C9H14FN3O2S/c1-6(2)12-16(14,15)13-7-3-4-8(10)9(11)5-7/h3-6,12-13H,11H2,1-2H3. The summed E-state index contributed by atoms with van der Waals surface area (Å²) in [6.07, 6.45) is 0. The topological polar surface area (TPSA) is 84.2 Å². The number of nitrogens with two attached hydrogens (primary N) is 1. The van der Waals surface area contributed by atoms with Gasteiger partial charge in [0.05, 0.1) is 11.4 Å². The van der Waals surface area contributed by atoms with E-state index in [2.05, 4.69) is 9.44 Å². The Balaban J connectivity index is 2.84. The number of rotatable bonds is 4. The van der Waals surface area contributed by atoms with Crippen molar-refractivity contribution in [2.45, 2.75) is 19.9 Å². The van der Waals surface area contributed by atoms with Crippen LogP contribution in [0.15, 0.2) is 18.2 Å². The molecule has 0 radical (unpaired) electrons. The summed E-state index contributed by atoms with van der Waals surface area (Å²) in [5, 5.41) is 0. The Hall–Kier alpha value is -1.34. The second-order valence-electron chi connectivity index (χ2n) is 3.61. The van der Waals surface area contributed by atoms with Crippen LogP contribution in [0.25, 0.3) is 0 Å². The maximum Gasteiger partial charge on any atom is 0.299 e. The van der Waals surface area contributed by atoms with Gasteiger partial charge in [0.1, 0.15) is 5.82 Å². The van der Waals surface area contributed by atoms with E-state index in [1.807, 2.05) is 0 Å². The van der Waals surface area contributed by atoms with E-state index in [9.17, 15) is 12.8 Å². The van der Waals surface area contributed by atoms with E-state index in [4.69, 9.17) is 5.73 Å². The monoisotopic (exact) mass is 247 g/mol. The maximum atomic E-state index is 12.8. The highest BCUT2D eigenvalue weighted by Gasteiger charge is 2.11. The van der Waals surface area contributed by atoms with Crippen molar-refractivity contribution in [3.8, 4) is 0 Å². The van der Waals surface area contributed by atoms with Crippen LogP contribution in [-0.2, 0) is 10.2 Å². The Labute approximate surface area is 94.0 Å². The van der Waals surface area contributed by atoms with Crippen LogP contribution in [0, 0.1) is 5.82 Å². The summed E-state index contributed by atoms with van der Waals surface area (Å²) in [5.74, 6) is -0.584. The fraction of sp³-hybridized carbons (Fsp3) is 0.333. The average molecular weight is 247 g/mol. The Morgan fingerprint density at radius 1 is 1.38 bits per heavy atom. The first kappa shape index (κ1) is 12.7. The van der Waals surface area contributed by atoms with Crippen LogP contribution < -0.4 is 15.2 Å². The fourth-order valence-corrected chi connectivity index (χ4v) is 2.22. The molecule has 0 unspecified atom stereocenters. The third-order valence-electron chi connectivity index (χ3n) is 1.64. The number of nitrogens with one attached hydrogen (secondary N) is 2. The molecule has 7 heteroatoms. The van der Waals surface area contributed by atoms with Gasteiger partial charge in [-0.3, -0.25) is 4.72 Å². The normalized spacial score (nSPS) is 11.8. The molecule has 0 aliphatic carbocycles. The van der Waals surface area contributed by atoms with Crippen LogP contribution in [0.2, 0.25) is 0 Å². The van der Waals surface area contributed by atoms with Gasteiger partial charge >= 0.3 is 0 Å². The second-order valence-corrected chi connectivity index (χ2v) is 5.06. The molecule has 1 aromatic rings. The molecule has 0 bridgehead atoms. The number of benzene rings is 1. The molecule has 0 spiro atoms. The molecule has 0 saturated heterocycles. The molecular weight excluding hydrogens is 233 g/mol. The van der Waals surface area contributed by atoms with E-state index in [0.29, 0.717) is 0 Å². The quantitative estimate of drug-likeness (QED) is 0.696. The molecule has 5 nitrogen and oxygen atoms in total. The van der Waals surface area contributed by atoms with Gasteiger partial charge in [-0.1, -0.05) is 0 Å². The summed E-state index contributed by atoms with van der Waals surface area (Å²) >= 11 is 0. The van der Waals surface area contributed by atoms with Crippen LogP contribution in [-0.4, -0.2) is 14.5 Å². The van der Waals surface area contributed by atoms with Gasteiger partial charge in [0.15, 0.2) is 0 Å². The lowest BCUT2D eigenvalue weighted by molar-refractivity contribution is 0.575. The fourth-order valence-electron chi connectivity index (χ4n) is 1.10. The van der Waals surface area contributed by atoms with E-state index in [1.54, 1.807) is 13.8 Å². The first-order chi connectivity index (χ1) is 7.30. The minimum absolute atomic E-state index is 0.107. The van der Waals surface area contributed by atoms with Gasteiger partial charge < -0.3 is 5.73 Å².